The van der Waals surface area contributed by atoms with Crippen LogP contribution in [0.15, 0.2) is 18.3 Å². The van der Waals surface area contributed by atoms with Crippen molar-refractivity contribution in [2.24, 2.45) is 5.92 Å². The molecule has 5 nitrogen and oxygen atoms in total. The summed E-state index contributed by atoms with van der Waals surface area (Å²) in [6.45, 7) is 2.23. The SMILES string of the molecule is Nc1cccn2c(CC3CCNCC3)nnc12. The van der Waals surface area contributed by atoms with Crippen LogP contribution in [0.1, 0.15) is 18.7 Å². The summed E-state index contributed by atoms with van der Waals surface area (Å²) in [7, 11) is 0. The molecule has 3 rings (SSSR count). The van der Waals surface area contributed by atoms with Crippen LogP contribution in [-0.2, 0) is 6.42 Å². The number of fused-ring (bicyclic) bond motifs is 1. The number of nitrogens with zero attached hydrogens (tertiary/aromatic N) is 3. The second kappa shape index (κ2) is 4.33. The Morgan fingerprint density at radius 3 is 3.00 bits per heavy atom. The first-order chi connectivity index (χ1) is 8.34. The van der Waals surface area contributed by atoms with E-state index in [0.717, 1.165) is 31.0 Å². The van der Waals surface area contributed by atoms with Gasteiger partial charge in [0.05, 0.1) is 5.69 Å². The van der Waals surface area contributed by atoms with Crippen molar-refractivity contribution >= 4 is 11.3 Å². The van der Waals surface area contributed by atoms with E-state index in [1.807, 2.05) is 22.7 Å². The highest BCUT2D eigenvalue weighted by Crippen LogP contribution is 2.19. The molecule has 90 valence electrons. The molecule has 17 heavy (non-hydrogen) atoms. The molecule has 2 aromatic heterocycles. The van der Waals surface area contributed by atoms with Crippen LogP contribution in [0, 0.1) is 5.92 Å². The second-order valence-electron chi connectivity index (χ2n) is 4.67. The van der Waals surface area contributed by atoms with Crippen molar-refractivity contribution in [1.82, 2.24) is 19.9 Å². The molecule has 2 aromatic rings. The smallest absolute Gasteiger partial charge is 0.183 e. The number of pyridine rings is 1. The van der Waals surface area contributed by atoms with Gasteiger partial charge in [0.25, 0.3) is 0 Å². The maximum absolute atomic E-state index is 5.87. The summed E-state index contributed by atoms with van der Waals surface area (Å²) in [5.74, 6) is 1.74. The monoisotopic (exact) mass is 231 g/mol. The molecule has 0 aromatic carbocycles. The number of rotatable bonds is 2. The predicted octanol–water partition coefficient (Wildman–Crippen LogP) is 0.854. The standard InChI is InChI=1S/C12H17N5/c13-10-2-1-7-17-11(15-16-12(10)17)8-9-3-5-14-6-4-9/h1-2,7,9,14H,3-6,8,13H2. The van der Waals surface area contributed by atoms with Crippen molar-refractivity contribution in [2.45, 2.75) is 19.3 Å². The molecule has 0 radical (unpaired) electrons. The van der Waals surface area contributed by atoms with E-state index in [4.69, 9.17) is 5.73 Å². The molecule has 0 saturated carbocycles. The number of nitrogen functional groups attached to an aromatic ring is 1. The van der Waals surface area contributed by atoms with Crippen LogP contribution >= 0.6 is 0 Å². The van der Waals surface area contributed by atoms with E-state index in [1.54, 1.807) is 0 Å². The molecule has 0 unspecified atom stereocenters. The molecule has 3 heterocycles. The van der Waals surface area contributed by atoms with Gasteiger partial charge in [-0.25, -0.2) is 0 Å². The average Bonchev–Trinajstić information content (AvgIpc) is 2.76. The molecule has 1 fully saturated rings. The summed E-state index contributed by atoms with van der Waals surface area (Å²) < 4.78 is 2.01. The topological polar surface area (TPSA) is 68.2 Å². The van der Waals surface area contributed by atoms with Crippen LogP contribution in [-0.4, -0.2) is 27.7 Å². The third-order valence-electron chi connectivity index (χ3n) is 3.47. The number of nitrogens with two attached hydrogens (primary N) is 1. The lowest BCUT2D eigenvalue weighted by Crippen LogP contribution is -2.29. The zero-order valence-corrected chi connectivity index (χ0v) is 9.76. The summed E-state index contributed by atoms with van der Waals surface area (Å²) in [5.41, 5.74) is 7.34. The fourth-order valence-electron chi connectivity index (χ4n) is 2.47. The summed E-state index contributed by atoms with van der Waals surface area (Å²) in [5, 5.41) is 11.8. The lowest BCUT2D eigenvalue weighted by molar-refractivity contribution is 0.366. The van der Waals surface area contributed by atoms with Crippen molar-refractivity contribution in [1.29, 1.82) is 0 Å². The zero-order chi connectivity index (χ0) is 11.7. The number of hydrogen-bond donors (Lipinski definition) is 2. The third-order valence-corrected chi connectivity index (χ3v) is 3.47. The molecule has 3 N–H and O–H groups in total. The number of piperidine rings is 1. The number of nitrogens with one attached hydrogen (secondary N) is 1. The van der Waals surface area contributed by atoms with E-state index in [0.29, 0.717) is 11.6 Å². The van der Waals surface area contributed by atoms with Gasteiger partial charge in [-0.15, -0.1) is 10.2 Å². The molecule has 1 aliphatic rings. The molecule has 5 heteroatoms. The van der Waals surface area contributed by atoms with Gasteiger partial charge in [0.2, 0.25) is 0 Å². The van der Waals surface area contributed by atoms with Gasteiger partial charge in [-0.05, 0) is 44.0 Å². The molecule has 0 bridgehead atoms. The van der Waals surface area contributed by atoms with Gasteiger partial charge in [-0.2, -0.15) is 0 Å². The van der Waals surface area contributed by atoms with E-state index in [2.05, 4.69) is 15.5 Å². The highest BCUT2D eigenvalue weighted by Gasteiger charge is 2.17. The maximum Gasteiger partial charge on any atom is 0.183 e. The van der Waals surface area contributed by atoms with Gasteiger partial charge in [0.1, 0.15) is 5.82 Å². The average molecular weight is 231 g/mol. The van der Waals surface area contributed by atoms with Crippen LogP contribution in [0.5, 0.6) is 0 Å². The normalized spacial score (nSPS) is 17.6. The molecule has 0 amide bonds. The minimum atomic E-state index is 0.691. The molecule has 0 spiro atoms. The Hall–Kier alpha value is -1.62. The molecule has 1 saturated heterocycles. The second-order valence-corrected chi connectivity index (χ2v) is 4.67. The van der Waals surface area contributed by atoms with Crippen molar-refractivity contribution in [3.8, 4) is 0 Å². The van der Waals surface area contributed by atoms with Crippen molar-refractivity contribution < 1.29 is 0 Å². The Bertz CT molecular complexity index is 513. The Balaban J connectivity index is 1.87. The van der Waals surface area contributed by atoms with E-state index < -0.39 is 0 Å². The van der Waals surface area contributed by atoms with Gasteiger partial charge in [-0.3, -0.25) is 4.40 Å². The van der Waals surface area contributed by atoms with E-state index in [1.165, 1.54) is 12.8 Å². The number of anilines is 1. The fraction of sp³-hybridized carbons (Fsp3) is 0.500. The van der Waals surface area contributed by atoms with Crippen molar-refractivity contribution in [2.75, 3.05) is 18.8 Å². The van der Waals surface area contributed by atoms with Crippen LogP contribution < -0.4 is 11.1 Å². The first kappa shape index (κ1) is 10.5. The van der Waals surface area contributed by atoms with Crippen molar-refractivity contribution in [3.63, 3.8) is 0 Å². The van der Waals surface area contributed by atoms with Crippen LogP contribution in [0.4, 0.5) is 5.69 Å². The third kappa shape index (κ3) is 1.98. The summed E-state index contributed by atoms with van der Waals surface area (Å²) in [4.78, 5) is 0. The minimum absolute atomic E-state index is 0.691. The lowest BCUT2D eigenvalue weighted by atomic mass is 9.94. The summed E-state index contributed by atoms with van der Waals surface area (Å²) >= 11 is 0. The van der Waals surface area contributed by atoms with Gasteiger partial charge >= 0.3 is 0 Å². The predicted molar refractivity (Wildman–Crippen MR) is 66.7 cm³/mol. The highest BCUT2D eigenvalue weighted by molar-refractivity contribution is 5.63. The molecule has 0 aliphatic carbocycles. The Kier molecular flexibility index (Phi) is 2.68. The van der Waals surface area contributed by atoms with E-state index in [9.17, 15) is 0 Å². The zero-order valence-electron chi connectivity index (χ0n) is 9.76. The lowest BCUT2D eigenvalue weighted by Gasteiger charge is -2.21. The van der Waals surface area contributed by atoms with E-state index in [-0.39, 0.29) is 0 Å². The van der Waals surface area contributed by atoms with Crippen LogP contribution in [0.25, 0.3) is 5.65 Å². The van der Waals surface area contributed by atoms with E-state index >= 15 is 0 Å². The van der Waals surface area contributed by atoms with Gasteiger partial charge in [0, 0.05) is 12.6 Å². The van der Waals surface area contributed by atoms with Gasteiger partial charge in [-0.1, -0.05) is 0 Å². The van der Waals surface area contributed by atoms with Gasteiger partial charge in [0.15, 0.2) is 5.65 Å². The molecular weight excluding hydrogens is 214 g/mol. The Morgan fingerprint density at radius 2 is 2.18 bits per heavy atom. The number of aromatic nitrogens is 3. The maximum atomic E-state index is 5.87. The molecular formula is C12H17N5. The summed E-state index contributed by atoms with van der Waals surface area (Å²) in [6, 6.07) is 3.80. The van der Waals surface area contributed by atoms with Crippen molar-refractivity contribution in [3.05, 3.63) is 24.2 Å². The van der Waals surface area contributed by atoms with Crippen LogP contribution in [0.2, 0.25) is 0 Å². The van der Waals surface area contributed by atoms with Crippen LogP contribution in [0.3, 0.4) is 0 Å². The summed E-state index contributed by atoms with van der Waals surface area (Å²) in [6.07, 6.45) is 5.42. The highest BCUT2D eigenvalue weighted by atomic mass is 15.2. The Labute approximate surface area is 100 Å². The number of hydrogen-bond acceptors (Lipinski definition) is 4. The fourth-order valence-corrected chi connectivity index (χ4v) is 2.47. The quantitative estimate of drug-likeness (QED) is 0.804. The largest absolute Gasteiger partial charge is 0.396 e. The first-order valence-corrected chi connectivity index (χ1v) is 6.13. The minimum Gasteiger partial charge on any atom is -0.396 e. The Morgan fingerprint density at radius 1 is 1.35 bits per heavy atom. The molecule has 0 atom stereocenters. The van der Waals surface area contributed by atoms with Gasteiger partial charge < -0.3 is 11.1 Å². The first-order valence-electron chi connectivity index (χ1n) is 6.13. The molecule has 1 aliphatic heterocycles.